The van der Waals surface area contributed by atoms with Gasteiger partial charge < -0.3 is 14.7 Å². The summed E-state index contributed by atoms with van der Waals surface area (Å²) >= 11 is 0. The highest BCUT2D eigenvalue weighted by molar-refractivity contribution is 7.89. The molecule has 1 saturated heterocycles. The van der Waals surface area contributed by atoms with Gasteiger partial charge in [0.1, 0.15) is 11.6 Å². The van der Waals surface area contributed by atoms with Crippen LogP contribution in [0.25, 0.3) is 0 Å². The number of aliphatic hydroxyl groups is 1. The van der Waals surface area contributed by atoms with Crippen molar-refractivity contribution in [1.82, 2.24) is 9.21 Å². The maximum Gasteiger partial charge on any atom is 0.243 e. The van der Waals surface area contributed by atoms with E-state index in [1.807, 2.05) is 11.0 Å². The lowest BCUT2D eigenvalue weighted by atomic mass is 10.1. The van der Waals surface area contributed by atoms with E-state index in [0.717, 1.165) is 32.7 Å². The monoisotopic (exact) mass is 449 g/mol. The molecule has 9 heteroatoms. The summed E-state index contributed by atoms with van der Waals surface area (Å²) in [6.07, 6.45) is -0.260. The Hall–Kier alpha value is -2.20. The van der Waals surface area contributed by atoms with E-state index in [2.05, 4.69) is 4.90 Å². The van der Waals surface area contributed by atoms with Crippen LogP contribution in [-0.2, 0) is 10.0 Å². The van der Waals surface area contributed by atoms with E-state index in [9.17, 15) is 17.9 Å². The molecule has 7 nitrogen and oxygen atoms in total. The molecule has 31 heavy (non-hydrogen) atoms. The van der Waals surface area contributed by atoms with Crippen molar-refractivity contribution >= 4 is 15.7 Å². The first-order valence-electron chi connectivity index (χ1n) is 10.5. The van der Waals surface area contributed by atoms with Crippen LogP contribution in [0.4, 0.5) is 10.1 Å². The molecule has 0 amide bonds. The summed E-state index contributed by atoms with van der Waals surface area (Å²) in [5.74, 6) is 0.183. The highest BCUT2D eigenvalue weighted by Gasteiger charge is 2.37. The second-order valence-corrected chi connectivity index (χ2v) is 9.79. The highest BCUT2D eigenvalue weighted by Crippen LogP contribution is 2.38. The Kier molecular flexibility index (Phi) is 6.47. The third kappa shape index (κ3) is 4.41. The molecule has 0 saturated carbocycles. The third-order valence-electron chi connectivity index (χ3n) is 6.02. The fraction of sp³-hybridized carbons (Fsp3) is 0.455. The number of para-hydroxylation sites is 1. The summed E-state index contributed by atoms with van der Waals surface area (Å²) in [5, 5.41) is 10.6. The van der Waals surface area contributed by atoms with Gasteiger partial charge in [0, 0.05) is 44.8 Å². The summed E-state index contributed by atoms with van der Waals surface area (Å²) < 4.78 is 46.7. The predicted molar refractivity (Wildman–Crippen MR) is 116 cm³/mol. The highest BCUT2D eigenvalue weighted by atomic mass is 32.2. The van der Waals surface area contributed by atoms with Gasteiger partial charge in [-0.1, -0.05) is 18.2 Å². The fourth-order valence-corrected chi connectivity index (χ4v) is 6.13. The van der Waals surface area contributed by atoms with Crippen LogP contribution >= 0.6 is 0 Å². The van der Waals surface area contributed by atoms with Crippen molar-refractivity contribution in [2.45, 2.75) is 17.4 Å². The molecule has 0 aliphatic carbocycles. The van der Waals surface area contributed by atoms with Crippen LogP contribution in [0.5, 0.6) is 5.75 Å². The normalized spacial score (nSPS) is 21.6. The van der Waals surface area contributed by atoms with Gasteiger partial charge in [0.05, 0.1) is 23.8 Å². The molecular weight excluding hydrogens is 421 g/mol. The number of ether oxygens (including phenoxy) is 1. The van der Waals surface area contributed by atoms with E-state index in [1.165, 1.54) is 23.5 Å². The zero-order chi connectivity index (χ0) is 22.0. The molecule has 2 aliphatic heterocycles. The van der Waals surface area contributed by atoms with Crippen LogP contribution in [-0.4, -0.2) is 75.7 Å². The Morgan fingerprint density at radius 2 is 1.81 bits per heavy atom. The number of benzene rings is 2. The van der Waals surface area contributed by atoms with Crippen LogP contribution in [0.1, 0.15) is 18.1 Å². The topological polar surface area (TPSA) is 73.3 Å². The first-order chi connectivity index (χ1) is 14.9. The van der Waals surface area contributed by atoms with Crippen LogP contribution in [0.3, 0.4) is 0 Å². The number of fused-ring (bicyclic) bond motifs is 1. The van der Waals surface area contributed by atoms with E-state index >= 15 is 0 Å². The van der Waals surface area contributed by atoms with Gasteiger partial charge in [-0.25, -0.2) is 12.8 Å². The van der Waals surface area contributed by atoms with E-state index in [0.29, 0.717) is 30.0 Å². The van der Waals surface area contributed by atoms with E-state index < -0.39 is 16.1 Å². The SMILES string of the molecule is COc1cccc2c1C(O)CN(CCCN1CCN(c3ccccc3F)CC1)S2(=O)=O. The molecule has 2 aromatic carbocycles. The molecular formula is C22H28FN3O4S. The Morgan fingerprint density at radius 1 is 1.06 bits per heavy atom. The average molecular weight is 450 g/mol. The third-order valence-corrected chi connectivity index (χ3v) is 7.94. The molecule has 4 rings (SSSR count). The van der Waals surface area contributed by atoms with Gasteiger partial charge in [-0.3, -0.25) is 4.90 Å². The maximum atomic E-state index is 14.0. The summed E-state index contributed by atoms with van der Waals surface area (Å²) in [6, 6.07) is 11.6. The summed E-state index contributed by atoms with van der Waals surface area (Å²) in [5.41, 5.74) is 0.968. The zero-order valence-corrected chi connectivity index (χ0v) is 18.4. The van der Waals surface area contributed by atoms with E-state index in [-0.39, 0.29) is 17.3 Å². The lowest BCUT2D eigenvalue weighted by molar-refractivity contribution is 0.132. The number of anilines is 1. The Bertz CT molecular complexity index is 1030. The molecule has 1 fully saturated rings. The standard InChI is InChI=1S/C22H28FN3O4S/c1-30-20-8-4-9-21-22(20)19(27)16-26(31(21,28)29)11-5-10-24-12-14-25(15-13-24)18-7-3-2-6-17(18)23/h2-4,6-9,19,27H,5,10-16H2,1H3. The molecule has 1 unspecified atom stereocenters. The van der Waals surface area contributed by atoms with Crippen molar-refractivity contribution in [1.29, 1.82) is 0 Å². The number of aliphatic hydroxyl groups excluding tert-OH is 1. The van der Waals surface area contributed by atoms with Crippen LogP contribution < -0.4 is 9.64 Å². The molecule has 1 atom stereocenters. The van der Waals surface area contributed by atoms with Crippen LogP contribution in [0.2, 0.25) is 0 Å². The van der Waals surface area contributed by atoms with Gasteiger partial charge in [0.15, 0.2) is 0 Å². The molecule has 2 aliphatic rings. The van der Waals surface area contributed by atoms with Gasteiger partial charge in [-0.15, -0.1) is 0 Å². The molecule has 2 aromatic rings. The number of rotatable bonds is 6. The molecule has 0 radical (unpaired) electrons. The van der Waals surface area contributed by atoms with E-state index in [1.54, 1.807) is 24.3 Å². The number of hydrogen-bond donors (Lipinski definition) is 1. The minimum absolute atomic E-state index is 0.0246. The Balaban J connectivity index is 1.33. The lowest BCUT2D eigenvalue weighted by Gasteiger charge is -2.37. The quantitative estimate of drug-likeness (QED) is 0.728. The first-order valence-corrected chi connectivity index (χ1v) is 11.9. The molecule has 0 spiro atoms. The van der Waals surface area contributed by atoms with Crippen molar-refractivity contribution < 1.29 is 22.7 Å². The molecule has 0 bridgehead atoms. The second-order valence-electron chi connectivity index (χ2n) is 7.88. The number of methoxy groups -OCH3 is 1. The second kappa shape index (κ2) is 9.12. The Labute approximate surface area is 182 Å². The number of hydrogen-bond acceptors (Lipinski definition) is 6. The zero-order valence-electron chi connectivity index (χ0n) is 17.6. The van der Waals surface area contributed by atoms with Crippen LogP contribution in [0, 0.1) is 5.82 Å². The number of nitrogens with zero attached hydrogens (tertiary/aromatic N) is 3. The predicted octanol–water partition coefficient (Wildman–Crippen LogP) is 2.08. The summed E-state index contributed by atoms with van der Waals surface area (Å²) in [7, 11) is -2.21. The van der Waals surface area contributed by atoms with Crippen molar-refractivity contribution in [2.75, 3.05) is 57.8 Å². The summed E-state index contributed by atoms with van der Waals surface area (Å²) in [4.78, 5) is 4.42. The molecule has 2 heterocycles. The minimum atomic E-state index is -3.68. The minimum Gasteiger partial charge on any atom is -0.496 e. The van der Waals surface area contributed by atoms with Crippen molar-refractivity contribution in [3.8, 4) is 5.75 Å². The largest absolute Gasteiger partial charge is 0.496 e. The molecule has 168 valence electrons. The van der Waals surface area contributed by atoms with Crippen molar-refractivity contribution in [2.24, 2.45) is 0 Å². The van der Waals surface area contributed by atoms with Gasteiger partial charge in [0.2, 0.25) is 10.0 Å². The van der Waals surface area contributed by atoms with Crippen LogP contribution in [0.15, 0.2) is 47.4 Å². The van der Waals surface area contributed by atoms with Crippen molar-refractivity contribution in [3.63, 3.8) is 0 Å². The number of piperazine rings is 1. The van der Waals surface area contributed by atoms with Gasteiger partial charge >= 0.3 is 0 Å². The summed E-state index contributed by atoms with van der Waals surface area (Å²) in [6.45, 7) is 4.16. The number of β-amino-alcohol motifs (C(OH)–C–C–N with tert-alkyl or cyclic N) is 1. The number of halogens is 1. The van der Waals surface area contributed by atoms with E-state index in [4.69, 9.17) is 4.74 Å². The number of sulfonamides is 1. The lowest BCUT2D eigenvalue weighted by Crippen LogP contribution is -2.47. The van der Waals surface area contributed by atoms with Gasteiger partial charge in [0.25, 0.3) is 0 Å². The fourth-order valence-electron chi connectivity index (χ4n) is 4.38. The average Bonchev–Trinajstić information content (AvgIpc) is 2.78. The smallest absolute Gasteiger partial charge is 0.243 e. The van der Waals surface area contributed by atoms with Gasteiger partial charge in [-0.05, 0) is 37.2 Å². The Morgan fingerprint density at radius 3 is 2.52 bits per heavy atom. The molecule has 0 aromatic heterocycles. The van der Waals surface area contributed by atoms with Gasteiger partial charge in [-0.2, -0.15) is 4.31 Å². The maximum absolute atomic E-state index is 14.0. The first kappa shape index (κ1) is 22.0. The molecule has 1 N–H and O–H groups in total. The van der Waals surface area contributed by atoms with Crippen molar-refractivity contribution in [3.05, 3.63) is 53.8 Å².